The standard InChI is InChI=1S/C22H40/c1-5-14-22(3,4)15-21-16(6-2)10-12-19-18-9-7-8-17(18)11-13-20(19)21/h16-21H,5-15H2,1-4H3. The number of hydrogen-bond donors (Lipinski definition) is 0. The number of rotatable bonds is 5. The Labute approximate surface area is 139 Å². The van der Waals surface area contributed by atoms with E-state index in [1.54, 1.807) is 44.9 Å². The van der Waals surface area contributed by atoms with Gasteiger partial charge in [0.05, 0.1) is 0 Å². The molecule has 3 aliphatic rings. The van der Waals surface area contributed by atoms with E-state index < -0.39 is 0 Å². The lowest BCUT2D eigenvalue weighted by molar-refractivity contribution is -0.0213. The summed E-state index contributed by atoms with van der Waals surface area (Å²) >= 11 is 0. The van der Waals surface area contributed by atoms with Crippen molar-refractivity contribution in [2.24, 2.45) is 40.9 Å². The monoisotopic (exact) mass is 304 g/mol. The molecule has 0 aromatic rings. The van der Waals surface area contributed by atoms with Crippen molar-refractivity contribution < 1.29 is 0 Å². The van der Waals surface area contributed by atoms with E-state index in [1.165, 1.54) is 25.7 Å². The van der Waals surface area contributed by atoms with Crippen LogP contribution in [-0.4, -0.2) is 0 Å². The Morgan fingerprint density at radius 3 is 2.32 bits per heavy atom. The van der Waals surface area contributed by atoms with Gasteiger partial charge in [-0.1, -0.05) is 53.4 Å². The Hall–Kier alpha value is 0. The third kappa shape index (κ3) is 3.27. The molecule has 0 nitrogen and oxygen atoms in total. The van der Waals surface area contributed by atoms with Crippen LogP contribution >= 0.6 is 0 Å². The fraction of sp³-hybridized carbons (Fsp3) is 1.00. The van der Waals surface area contributed by atoms with E-state index in [-0.39, 0.29) is 0 Å². The predicted octanol–water partition coefficient (Wildman–Crippen LogP) is 7.08. The molecule has 0 aromatic heterocycles. The maximum atomic E-state index is 2.55. The van der Waals surface area contributed by atoms with Crippen molar-refractivity contribution in [3.05, 3.63) is 0 Å². The van der Waals surface area contributed by atoms with Gasteiger partial charge in [0.2, 0.25) is 0 Å². The van der Waals surface area contributed by atoms with Crippen molar-refractivity contribution >= 4 is 0 Å². The summed E-state index contributed by atoms with van der Waals surface area (Å²) in [5, 5.41) is 0. The molecule has 0 aromatic carbocycles. The van der Waals surface area contributed by atoms with E-state index in [4.69, 9.17) is 0 Å². The lowest BCUT2D eigenvalue weighted by Crippen LogP contribution is -2.43. The molecule has 0 amide bonds. The van der Waals surface area contributed by atoms with Crippen LogP contribution in [0, 0.1) is 40.9 Å². The van der Waals surface area contributed by atoms with Crippen LogP contribution in [0.4, 0.5) is 0 Å². The summed E-state index contributed by atoms with van der Waals surface area (Å²) < 4.78 is 0. The highest BCUT2D eigenvalue weighted by Gasteiger charge is 2.48. The van der Waals surface area contributed by atoms with Gasteiger partial charge in [0, 0.05) is 0 Å². The van der Waals surface area contributed by atoms with Crippen molar-refractivity contribution in [2.75, 3.05) is 0 Å². The highest BCUT2D eigenvalue weighted by atomic mass is 14.5. The minimum atomic E-state index is 0.571. The highest BCUT2D eigenvalue weighted by Crippen LogP contribution is 2.57. The van der Waals surface area contributed by atoms with Crippen LogP contribution in [-0.2, 0) is 0 Å². The normalized spacial score (nSPS) is 42.0. The topological polar surface area (TPSA) is 0 Å². The van der Waals surface area contributed by atoms with Gasteiger partial charge in [0.25, 0.3) is 0 Å². The largest absolute Gasteiger partial charge is 0.0654 e. The summed E-state index contributed by atoms with van der Waals surface area (Å²) in [6, 6.07) is 0. The third-order valence-electron chi connectivity index (χ3n) is 7.95. The van der Waals surface area contributed by atoms with Gasteiger partial charge in [-0.05, 0) is 85.9 Å². The molecule has 3 fully saturated rings. The van der Waals surface area contributed by atoms with Crippen LogP contribution in [0.1, 0.15) is 98.3 Å². The van der Waals surface area contributed by atoms with Crippen LogP contribution in [0.15, 0.2) is 0 Å². The van der Waals surface area contributed by atoms with Crippen LogP contribution in [0.2, 0.25) is 0 Å². The Morgan fingerprint density at radius 1 is 0.818 bits per heavy atom. The Kier molecular flexibility index (Phi) is 5.25. The van der Waals surface area contributed by atoms with E-state index in [2.05, 4.69) is 27.7 Å². The fourth-order valence-corrected chi connectivity index (χ4v) is 7.10. The average Bonchev–Trinajstić information content (AvgIpc) is 2.95. The van der Waals surface area contributed by atoms with Gasteiger partial charge in [-0.25, -0.2) is 0 Å². The van der Waals surface area contributed by atoms with Crippen molar-refractivity contribution in [3.8, 4) is 0 Å². The van der Waals surface area contributed by atoms with Crippen LogP contribution < -0.4 is 0 Å². The lowest BCUT2D eigenvalue weighted by atomic mass is 9.54. The second kappa shape index (κ2) is 6.86. The molecule has 0 N–H and O–H groups in total. The summed E-state index contributed by atoms with van der Waals surface area (Å²) in [4.78, 5) is 0. The number of fused-ring (bicyclic) bond motifs is 3. The second-order valence-electron chi connectivity index (χ2n) is 9.79. The number of hydrogen-bond acceptors (Lipinski definition) is 0. The van der Waals surface area contributed by atoms with Gasteiger partial charge in [-0.15, -0.1) is 0 Å². The van der Waals surface area contributed by atoms with Gasteiger partial charge < -0.3 is 0 Å². The van der Waals surface area contributed by atoms with Crippen molar-refractivity contribution in [3.63, 3.8) is 0 Å². The molecule has 22 heavy (non-hydrogen) atoms. The molecule has 0 aliphatic heterocycles. The SMILES string of the molecule is CCCC(C)(C)CC1C(CC)CCC2C3CCCC3CCC12. The van der Waals surface area contributed by atoms with Gasteiger partial charge in [-0.3, -0.25) is 0 Å². The molecule has 3 aliphatic carbocycles. The predicted molar refractivity (Wildman–Crippen MR) is 96.9 cm³/mol. The first-order valence-corrected chi connectivity index (χ1v) is 10.6. The van der Waals surface area contributed by atoms with Gasteiger partial charge in [0.15, 0.2) is 0 Å². The molecule has 0 spiro atoms. The first-order valence-electron chi connectivity index (χ1n) is 10.6. The maximum absolute atomic E-state index is 2.55. The molecule has 0 saturated heterocycles. The molecular formula is C22H40. The molecule has 3 rings (SSSR count). The Balaban J connectivity index is 1.75. The molecule has 128 valence electrons. The summed E-state index contributed by atoms with van der Waals surface area (Å²) in [6.45, 7) is 9.93. The van der Waals surface area contributed by atoms with E-state index in [0.29, 0.717) is 5.41 Å². The maximum Gasteiger partial charge on any atom is -0.0350 e. The second-order valence-corrected chi connectivity index (χ2v) is 9.79. The minimum Gasteiger partial charge on any atom is -0.0654 e. The van der Waals surface area contributed by atoms with Gasteiger partial charge >= 0.3 is 0 Å². The lowest BCUT2D eigenvalue weighted by Gasteiger charge is -2.52. The zero-order valence-corrected chi connectivity index (χ0v) is 15.7. The zero-order valence-electron chi connectivity index (χ0n) is 15.7. The molecule has 0 radical (unpaired) electrons. The highest BCUT2D eigenvalue weighted by molar-refractivity contribution is 4.98. The van der Waals surface area contributed by atoms with Crippen molar-refractivity contribution in [1.29, 1.82) is 0 Å². The first-order chi connectivity index (χ1) is 10.6. The molecule has 6 unspecified atom stereocenters. The van der Waals surface area contributed by atoms with Crippen LogP contribution in [0.3, 0.4) is 0 Å². The average molecular weight is 305 g/mol. The summed E-state index contributed by atoms with van der Waals surface area (Å²) in [7, 11) is 0. The Bertz CT molecular complexity index is 355. The zero-order chi connectivity index (χ0) is 15.7. The molecule has 0 heterocycles. The van der Waals surface area contributed by atoms with E-state index in [0.717, 1.165) is 35.5 Å². The smallest absolute Gasteiger partial charge is 0.0350 e. The summed E-state index contributed by atoms with van der Waals surface area (Å²) in [5.74, 6) is 6.56. The van der Waals surface area contributed by atoms with Gasteiger partial charge in [-0.2, -0.15) is 0 Å². The molecule has 0 bridgehead atoms. The van der Waals surface area contributed by atoms with Crippen molar-refractivity contribution in [1.82, 2.24) is 0 Å². The van der Waals surface area contributed by atoms with E-state index >= 15 is 0 Å². The van der Waals surface area contributed by atoms with E-state index in [9.17, 15) is 0 Å². The molecule has 0 heteroatoms. The third-order valence-corrected chi connectivity index (χ3v) is 7.95. The molecular weight excluding hydrogens is 264 g/mol. The van der Waals surface area contributed by atoms with Crippen LogP contribution in [0.5, 0.6) is 0 Å². The molecule has 6 atom stereocenters. The molecule has 3 saturated carbocycles. The summed E-state index contributed by atoms with van der Waals surface area (Å²) in [5.41, 5.74) is 0.571. The fourth-order valence-electron chi connectivity index (χ4n) is 7.10. The quantitative estimate of drug-likeness (QED) is 0.509. The van der Waals surface area contributed by atoms with Crippen molar-refractivity contribution in [2.45, 2.75) is 98.3 Å². The summed E-state index contributed by atoms with van der Waals surface area (Å²) in [6.07, 6.45) is 16.7. The van der Waals surface area contributed by atoms with Crippen LogP contribution in [0.25, 0.3) is 0 Å². The minimum absolute atomic E-state index is 0.571. The Morgan fingerprint density at radius 2 is 1.59 bits per heavy atom. The van der Waals surface area contributed by atoms with E-state index in [1.807, 2.05) is 0 Å². The first kappa shape index (κ1) is 16.8. The van der Waals surface area contributed by atoms with Gasteiger partial charge in [0.1, 0.15) is 0 Å².